The van der Waals surface area contributed by atoms with Crippen molar-refractivity contribution in [3.05, 3.63) is 63.8 Å². The predicted molar refractivity (Wildman–Crippen MR) is 108 cm³/mol. The summed E-state index contributed by atoms with van der Waals surface area (Å²) in [5.41, 5.74) is 2.04. The maximum atomic E-state index is 5.79. The first-order valence-corrected chi connectivity index (χ1v) is 9.74. The molecule has 1 fully saturated rings. The van der Waals surface area contributed by atoms with Gasteiger partial charge in [0, 0.05) is 28.8 Å². The lowest BCUT2D eigenvalue weighted by molar-refractivity contribution is 0.0210. The van der Waals surface area contributed by atoms with Crippen molar-refractivity contribution in [3.63, 3.8) is 0 Å². The molecule has 0 radical (unpaired) electrons. The molecule has 0 unspecified atom stereocenters. The van der Waals surface area contributed by atoms with Gasteiger partial charge < -0.3 is 4.74 Å². The van der Waals surface area contributed by atoms with Crippen molar-refractivity contribution in [1.82, 2.24) is 19.2 Å². The van der Waals surface area contributed by atoms with E-state index in [9.17, 15) is 0 Å². The van der Waals surface area contributed by atoms with Crippen molar-refractivity contribution in [1.29, 1.82) is 0 Å². The molecule has 0 amide bonds. The zero-order chi connectivity index (χ0) is 17.9. The Labute approximate surface area is 166 Å². The van der Waals surface area contributed by atoms with Crippen LogP contribution >= 0.6 is 28.1 Å². The summed E-state index contributed by atoms with van der Waals surface area (Å²) >= 11 is 9.34. The molecular weight excluding hydrogens is 412 g/mol. The molecule has 2 heterocycles. The van der Waals surface area contributed by atoms with Crippen molar-refractivity contribution in [2.45, 2.75) is 6.67 Å². The zero-order valence-corrected chi connectivity index (χ0v) is 16.6. The van der Waals surface area contributed by atoms with Crippen LogP contribution in [0.4, 0.5) is 0 Å². The molecule has 3 aromatic rings. The molecule has 1 aromatic heterocycles. The van der Waals surface area contributed by atoms with E-state index in [1.807, 2.05) is 39.6 Å². The van der Waals surface area contributed by atoms with E-state index < -0.39 is 0 Å². The van der Waals surface area contributed by atoms with E-state index in [1.54, 1.807) is 0 Å². The Morgan fingerprint density at radius 3 is 2.54 bits per heavy atom. The molecule has 134 valence electrons. The standard InChI is InChI=1S/C19H19BrN4OS/c20-16-6-4-5-15(13-16)18-21-23(14-22-9-11-25-12-10-22)19(26)24(18)17-7-2-1-3-8-17/h1-8,13H,9-12,14H2. The van der Waals surface area contributed by atoms with Gasteiger partial charge in [-0.25, -0.2) is 4.68 Å². The van der Waals surface area contributed by atoms with E-state index >= 15 is 0 Å². The highest BCUT2D eigenvalue weighted by Crippen LogP contribution is 2.25. The summed E-state index contributed by atoms with van der Waals surface area (Å²) in [5, 5.41) is 4.86. The molecule has 0 N–H and O–H groups in total. The van der Waals surface area contributed by atoms with Crippen LogP contribution in [0, 0.1) is 4.77 Å². The molecule has 2 aromatic carbocycles. The van der Waals surface area contributed by atoms with E-state index in [0.717, 1.165) is 47.9 Å². The van der Waals surface area contributed by atoms with Crippen LogP contribution in [0.25, 0.3) is 17.1 Å². The third-order valence-corrected chi connectivity index (χ3v) is 5.26. The van der Waals surface area contributed by atoms with Crippen molar-refractivity contribution < 1.29 is 4.74 Å². The summed E-state index contributed by atoms with van der Waals surface area (Å²) in [4.78, 5) is 2.31. The molecule has 0 bridgehead atoms. The monoisotopic (exact) mass is 430 g/mol. The van der Waals surface area contributed by atoms with Crippen LogP contribution in [0.1, 0.15) is 0 Å². The lowest BCUT2D eigenvalue weighted by Gasteiger charge is -2.26. The number of hydrogen-bond donors (Lipinski definition) is 0. The number of aromatic nitrogens is 3. The molecule has 1 saturated heterocycles. The van der Waals surface area contributed by atoms with Crippen molar-refractivity contribution in [2.24, 2.45) is 0 Å². The fourth-order valence-electron chi connectivity index (χ4n) is 3.06. The topological polar surface area (TPSA) is 35.2 Å². The lowest BCUT2D eigenvalue weighted by atomic mass is 10.2. The minimum Gasteiger partial charge on any atom is -0.379 e. The highest BCUT2D eigenvalue weighted by molar-refractivity contribution is 9.10. The second kappa shape index (κ2) is 7.84. The summed E-state index contributed by atoms with van der Waals surface area (Å²) in [6.07, 6.45) is 0. The van der Waals surface area contributed by atoms with E-state index in [4.69, 9.17) is 22.1 Å². The number of halogens is 1. The van der Waals surface area contributed by atoms with Gasteiger partial charge in [-0.1, -0.05) is 46.3 Å². The van der Waals surface area contributed by atoms with Gasteiger partial charge in [0.05, 0.1) is 19.9 Å². The summed E-state index contributed by atoms with van der Waals surface area (Å²) in [6.45, 7) is 3.97. The van der Waals surface area contributed by atoms with E-state index in [2.05, 4.69) is 45.1 Å². The van der Waals surface area contributed by atoms with Gasteiger partial charge in [0.25, 0.3) is 0 Å². The van der Waals surface area contributed by atoms with Gasteiger partial charge in [-0.05, 0) is 36.5 Å². The average Bonchev–Trinajstić information content (AvgIpc) is 3.00. The molecule has 5 nitrogen and oxygen atoms in total. The number of hydrogen-bond acceptors (Lipinski definition) is 4. The zero-order valence-electron chi connectivity index (χ0n) is 14.2. The quantitative estimate of drug-likeness (QED) is 0.583. The van der Waals surface area contributed by atoms with Gasteiger partial charge in [0.1, 0.15) is 0 Å². The molecule has 26 heavy (non-hydrogen) atoms. The number of para-hydroxylation sites is 1. The van der Waals surface area contributed by atoms with Crippen LogP contribution in [-0.4, -0.2) is 45.6 Å². The maximum Gasteiger partial charge on any atom is 0.204 e. The van der Waals surface area contributed by atoms with Crippen molar-refractivity contribution in [3.8, 4) is 17.1 Å². The molecule has 7 heteroatoms. The van der Waals surface area contributed by atoms with Crippen molar-refractivity contribution >= 4 is 28.1 Å². The second-order valence-electron chi connectivity index (χ2n) is 6.16. The minimum atomic E-state index is 0.670. The maximum absolute atomic E-state index is 5.79. The van der Waals surface area contributed by atoms with Gasteiger partial charge in [0.15, 0.2) is 5.82 Å². The second-order valence-corrected chi connectivity index (χ2v) is 7.44. The first-order chi connectivity index (χ1) is 12.7. The van der Waals surface area contributed by atoms with Gasteiger partial charge in [-0.3, -0.25) is 9.47 Å². The van der Waals surface area contributed by atoms with Crippen LogP contribution in [0.5, 0.6) is 0 Å². The number of rotatable bonds is 4. The number of nitrogens with zero attached hydrogens (tertiary/aromatic N) is 4. The summed E-state index contributed by atoms with van der Waals surface area (Å²) in [7, 11) is 0. The minimum absolute atomic E-state index is 0.670. The Morgan fingerprint density at radius 1 is 1.04 bits per heavy atom. The van der Waals surface area contributed by atoms with Gasteiger partial charge in [-0.15, -0.1) is 5.10 Å². The predicted octanol–water partition coefficient (Wildman–Crippen LogP) is 4.12. The first-order valence-electron chi connectivity index (χ1n) is 8.54. The van der Waals surface area contributed by atoms with Crippen LogP contribution in [0.3, 0.4) is 0 Å². The third kappa shape index (κ3) is 3.66. The summed E-state index contributed by atoms with van der Waals surface area (Å²) in [6, 6.07) is 18.3. The van der Waals surface area contributed by atoms with E-state index in [-0.39, 0.29) is 0 Å². The Morgan fingerprint density at radius 2 is 1.81 bits per heavy atom. The smallest absolute Gasteiger partial charge is 0.204 e. The highest BCUT2D eigenvalue weighted by atomic mass is 79.9. The normalized spacial score (nSPS) is 15.3. The van der Waals surface area contributed by atoms with Crippen molar-refractivity contribution in [2.75, 3.05) is 26.3 Å². The van der Waals surface area contributed by atoms with E-state index in [1.165, 1.54) is 0 Å². The Kier molecular flexibility index (Phi) is 5.31. The molecule has 0 atom stereocenters. The molecule has 0 spiro atoms. The first kappa shape index (κ1) is 17.6. The molecule has 1 aliphatic rings. The number of ether oxygens (including phenoxy) is 1. The fourth-order valence-corrected chi connectivity index (χ4v) is 3.75. The van der Waals surface area contributed by atoms with Crippen LogP contribution < -0.4 is 0 Å². The lowest BCUT2D eigenvalue weighted by Crippen LogP contribution is -2.37. The molecule has 1 aliphatic heterocycles. The Bertz CT molecular complexity index is 948. The molecule has 4 rings (SSSR count). The van der Waals surface area contributed by atoms with Gasteiger partial charge in [0.2, 0.25) is 4.77 Å². The van der Waals surface area contributed by atoms with Crippen LogP contribution in [-0.2, 0) is 11.4 Å². The van der Waals surface area contributed by atoms with Crippen LogP contribution in [0.2, 0.25) is 0 Å². The fraction of sp³-hybridized carbons (Fsp3) is 0.263. The average molecular weight is 431 g/mol. The SMILES string of the molecule is S=c1n(CN2CCOCC2)nc(-c2cccc(Br)c2)n1-c1ccccc1. The Balaban J connectivity index is 1.81. The summed E-state index contributed by atoms with van der Waals surface area (Å²) < 4.78 is 11.1. The molecule has 0 aliphatic carbocycles. The Hall–Kier alpha value is -1.80. The third-order valence-electron chi connectivity index (χ3n) is 4.37. The number of benzene rings is 2. The molecular formula is C19H19BrN4OS. The van der Waals surface area contributed by atoms with Gasteiger partial charge in [-0.2, -0.15) is 0 Å². The van der Waals surface area contributed by atoms with Gasteiger partial charge >= 0.3 is 0 Å². The highest BCUT2D eigenvalue weighted by Gasteiger charge is 2.17. The molecule has 0 saturated carbocycles. The largest absolute Gasteiger partial charge is 0.379 e. The summed E-state index contributed by atoms with van der Waals surface area (Å²) in [5.74, 6) is 0.843. The van der Waals surface area contributed by atoms with Crippen LogP contribution in [0.15, 0.2) is 59.1 Å². The van der Waals surface area contributed by atoms with E-state index in [0.29, 0.717) is 11.4 Å². The number of morpholine rings is 1.